The highest BCUT2D eigenvalue weighted by Gasteiger charge is 2.23. The van der Waals surface area contributed by atoms with Crippen LogP contribution < -0.4 is 19.1 Å². The summed E-state index contributed by atoms with van der Waals surface area (Å²) < 4.78 is 37.9. The summed E-state index contributed by atoms with van der Waals surface area (Å²) in [4.78, 5) is 12.8. The molecule has 3 aromatic carbocycles. The monoisotopic (exact) mass is 496 g/mol. The predicted molar refractivity (Wildman–Crippen MR) is 138 cm³/mol. The maximum atomic E-state index is 13.1. The molecule has 0 bridgehead atoms. The Morgan fingerprint density at radius 1 is 0.857 bits per heavy atom. The van der Waals surface area contributed by atoms with Crippen LogP contribution in [0.25, 0.3) is 0 Å². The van der Waals surface area contributed by atoms with E-state index in [0.29, 0.717) is 29.3 Å². The third-order valence-electron chi connectivity index (χ3n) is 6.01. The van der Waals surface area contributed by atoms with Gasteiger partial charge in [-0.2, -0.15) is 0 Å². The van der Waals surface area contributed by atoms with Crippen molar-refractivity contribution in [3.8, 4) is 11.5 Å². The van der Waals surface area contributed by atoms with Crippen LogP contribution in [0, 0.1) is 0 Å². The number of amides is 1. The number of rotatable bonds is 10. The molecule has 0 spiro atoms. The molecule has 0 aliphatic heterocycles. The summed E-state index contributed by atoms with van der Waals surface area (Å²) >= 11 is 0. The molecule has 7 nitrogen and oxygen atoms in total. The lowest BCUT2D eigenvalue weighted by atomic mass is 10.0. The fraction of sp³-hybridized carbons (Fsp3) is 0.296. The zero-order chi connectivity index (χ0) is 25.6. The number of benzene rings is 3. The number of sulfonamides is 1. The highest BCUT2D eigenvalue weighted by molar-refractivity contribution is 7.92. The second-order valence-corrected chi connectivity index (χ2v) is 10.00. The van der Waals surface area contributed by atoms with Gasteiger partial charge >= 0.3 is 0 Å². The number of hydrogen-bond acceptors (Lipinski definition) is 5. The molecule has 0 heterocycles. The van der Waals surface area contributed by atoms with Gasteiger partial charge in [0.05, 0.1) is 24.8 Å². The molecule has 0 aliphatic rings. The minimum Gasteiger partial charge on any atom is -0.493 e. The van der Waals surface area contributed by atoms with Crippen molar-refractivity contribution in [1.29, 1.82) is 0 Å². The number of nitrogens with one attached hydrogen (secondary N) is 1. The van der Waals surface area contributed by atoms with Crippen LogP contribution in [-0.2, 0) is 29.4 Å². The summed E-state index contributed by atoms with van der Waals surface area (Å²) in [5.74, 6) is 0.549. The number of aryl methyl sites for hydroxylation is 2. The van der Waals surface area contributed by atoms with Crippen LogP contribution in [0.4, 0.5) is 5.69 Å². The van der Waals surface area contributed by atoms with Crippen LogP contribution in [0.5, 0.6) is 11.5 Å². The minimum absolute atomic E-state index is 0.0699. The summed E-state index contributed by atoms with van der Waals surface area (Å²) in [7, 11) is 0.557. The number of ether oxygens (including phenoxy) is 2. The molecule has 0 saturated carbocycles. The van der Waals surface area contributed by atoms with Crippen molar-refractivity contribution < 1.29 is 22.7 Å². The Balaban J connectivity index is 1.74. The first-order chi connectivity index (χ1) is 16.7. The van der Waals surface area contributed by atoms with Crippen molar-refractivity contribution in [2.24, 2.45) is 0 Å². The van der Waals surface area contributed by atoms with E-state index in [1.165, 1.54) is 48.8 Å². The van der Waals surface area contributed by atoms with Gasteiger partial charge in [-0.15, -0.1) is 0 Å². The van der Waals surface area contributed by atoms with E-state index >= 15 is 0 Å². The molecule has 0 atom stereocenters. The largest absolute Gasteiger partial charge is 0.493 e. The normalized spacial score (nSPS) is 11.1. The van der Waals surface area contributed by atoms with Crippen molar-refractivity contribution >= 4 is 21.6 Å². The highest BCUT2D eigenvalue weighted by Crippen LogP contribution is 2.31. The lowest BCUT2D eigenvalue weighted by Gasteiger charge is -2.20. The van der Waals surface area contributed by atoms with Gasteiger partial charge in [0.15, 0.2) is 11.5 Å². The van der Waals surface area contributed by atoms with Gasteiger partial charge in [0, 0.05) is 25.2 Å². The SMILES string of the molecule is CCc1ccc(CC)c(CNC(=O)c2ccc(N(C)S(=O)(=O)c3ccc(OC)c(OC)c3)cc2)c1. The van der Waals surface area contributed by atoms with E-state index in [0.717, 1.165) is 18.4 Å². The van der Waals surface area contributed by atoms with Crippen LogP contribution in [0.1, 0.15) is 40.9 Å². The van der Waals surface area contributed by atoms with E-state index in [1.54, 1.807) is 30.3 Å². The van der Waals surface area contributed by atoms with Crippen LogP contribution in [0.3, 0.4) is 0 Å². The Hall–Kier alpha value is -3.52. The Morgan fingerprint density at radius 3 is 2.14 bits per heavy atom. The molecule has 8 heteroatoms. The fourth-order valence-electron chi connectivity index (χ4n) is 3.78. The standard InChI is InChI=1S/C27H32N2O5S/c1-6-19-8-9-20(7-2)22(16-19)18-28-27(30)21-10-12-23(13-11-21)29(3)35(31,32)24-14-15-25(33-4)26(17-24)34-5/h8-17H,6-7,18H2,1-5H3,(H,28,30). The molecule has 0 fully saturated rings. The molecule has 0 unspecified atom stereocenters. The van der Waals surface area contributed by atoms with Crippen molar-refractivity contribution in [2.45, 2.75) is 38.1 Å². The molecular weight excluding hydrogens is 464 g/mol. The first-order valence-corrected chi connectivity index (χ1v) is 12.9. The number of carbonyl (C=O) groups is 1. The van der Waals surface area contributed by atoms with Crippen molar-refractivity contribution in [1.82, 2.24) is 5.32 Å². The van der Waals surface area contributed by atoms with E-state index in [-0.39, 0.29) is 10.8 Å². The van der Waals surface area contributed by atoms with Gasteiger partial charge in [-0.1, -0.05) is 32.0 Å². The molecule has 0 saturated heterocycles. The highest BCUT2D eigenvalue weighted by atomic mass is 32.2. The van der Waals surface area contributed by atoms with Gasteiger partial charge in [-0.3, -0.25) is 9.10 Å². The number of methoxy groups -OCH3 is 2. The maximum absolute atomic E-state index is 13.1. The van der Waals surface area contributed by atoms with Crippen LogP contribution in [0.2, 0.25) is 0 Å². The van der Waals surface area contributed by atoms with Crippen molar-refractivity contribution in [2.75, 3.05) is 25.6 Å². The van der Waals surface area contributed by atoms with Crippen molar-refractivity contribution in [3.63, 3.8) is 0 Å². The summed E-state index contributed by atoms with van der Waals surface area (Å²) in [5.41, 5.74) is 4.43. The number of anilines is 1. The Morgan fingerprint density at radius 2 is 1.54 bits per heavy atom. The van der Waals surface area contributed by atoms with Crippen molar-refractivity contribution in [3.05, 3.63) is 82.9 Å². The van der Waals surface area contributed by atoms with Gasteiger partial charge < -0.3 is 14.8 Å². The van der Waals surface area contributed by atoms with Gasteiger partial charge in [0.2, 0.25) is 0 Å². The second kappa shape index (κ2) is 11.3. The quantitative estimate of drug-likeness (QED) is 0.444. The van der Waals surface area contributed by atoms with Crippen LogP contribution in [0.15, 0.2) is 65.6 Å². The molecule has 0 aliphatic carbocycles. The van der Waals surface area contributed by atoms with Gasteiger partial charge in [-0.25, -0.2) is 8.42 Å². The molecule has 0 aromatic heterocycles. The zero-order valence-electron chi connectivity index (χ0n) is 20.8. The average molecular weight is 497 g/mol. The van der Waals surface area contributed by atoms with Crippen LogP contribution in [-0.4, -0.2) is 35.6 Å². The zero-order valence-corrected chi connectivity index (χ0v) is 21.6. The first-order valence-electron chi connectivity index (χ1n) is 11.4. The third kappa shape index (κ3) is 5.77. The first kappa shape index (κ1) is 26.1. The van der Waals surface area contributed by atoms with E-state index in [9.17, 15) is 13.2 Å². The lowest BCUT2D eigenvalue weighted by molar-refractivity contribution is 0.0951. The lowest BCUT2D eigenvalue weighted by Crippen LogP contribution is -2.27. The summed E-state index contributed by atoms with van der Waals surface area (Å²) in [5, 5.41) is 2.97. The maximum Gasteiger partial charge on any atom is 0.264 e. The molecule has 1 N–H and O–H groups in total. The second-order valence-electron chi connectivity index (χ2n) is 8.03. The fourth-order valence-corrected chi connectivity index (χ4v) is 4.99. The Labute approximate surface area is 207 Å². The predicted octanol–water partition coefficient (Wildman–Crippen LogP) is 4.58. The Kier molecular flexibility index (Phi) is 8.40. The average Bonchev–Trinajstić information content (AvgIpc) is 2.90. The molecular formula is C27H32N2O5S. The molecule has 3 aromatic rings. The van der Waals surface area contributed by atoms with E-state index < -0.39 is 10.0 Å². The van der Waals surface area contributed by atoms with Crippen LogP contribution >= 0.6 is 0 Å². The third-order valence-corrected chi connectivity index (χ3v) is 7.79. The summed E-state index contributed by atoms with van der Waals surface area (Å²) in [6, 6.07) is 17.3. The molecule has 1 amide bonds. The smallest absolute Gasteiger partial charge is 0.264 e. The molecule has 3 rings (SSSR count). The summed E-state index contributed by atoms with van der Waals surface area (Å²) in [6.45, 7) is 4.63. The number of carbonyl (C=O) groups excluding carboxylic acids is 1. The van der Waals surface area contributed by atoms with Gasteiger partial charge in [0.25, 0.3) is 15.9 Å². The Bertz CT molecular complexity index is 1290. The topological polar surface area (TPSA) is 84.9 Å². The summed E-state index contributed by atoms with van der Waals surface area (Å²) in [6.07, 6.45) is 1.83. The van der Waals surface area contributed by atoms with Gasteiger partial charge in [-0.05, 0) is 65.9 Å². The molecule has 0 radical (unpaired) electrons. The number of hydrogen-bond donors (Lipinski definition) is 1. The number of nitrogens with zero attached hydrogens (tertiary/aromatic N) is 1. The molecule has 186 valence electrons. The van der Waals surface area contributed by atoms with E-state index in [4.69, 9.17) is 9.47 Å². The minimum atomic E-state index is -3.85. The molecule has 35 heavy (non-hydrogen) atoms. The van der Waals surface area contributed by atoms with Gasteiger partial charge in [0.1, 0.15) is 0 Å². The van der Waals surface area contributed by atoms with E-state index in [1.807, 2.05) is 0 Å². The van der Waals surface area contributed by atoms with E-state index in [2.05, 4.69) is 37.4 Å².